The van der Waals surface area contributed by atoms with E-state index in [0.29, 0.717) is 29.7 Å². The van der Waals surface area contributed by atoms with Gasteiger partial charge in [0.15, 0.2) is 0 Å². The fourth-order valence-electron chi connectivity index (χ4n) is 4.40. The van der Waals surface area contributed by atoms with E-state index in [2.05, 4.69) is 5.32 Å². The number of halogens is 1. The molecule has 0 radical (unpaired) electrons. The van der Waals surface area contributed by atoms with E-state index in [1.165, 1.54) is 4.90 Å². The van der Waals surface area contributed by atoms with Gasteiger partial charge in [0.1, 0.15) is 6.54 Å². The van der Waals surface area contributed by atoms with Gasteiger partial charge in [-0.15, -0.1) is 0 Å². The number of anilines is 1. The zero-order valence-electron chi connectivity index (χ0n) is 20.2. The lowest BCUT2D eigenvalue weighted by atomic mass is 10.1. The van der Waals surface area contributed by atoms with Gasteiger partial charge in [-0.25, -0.2) is 4.98 Å². The second kappa shape index (κ2) is 11.4. The summed E-state index contributed by atoms with van der Waals surface area (Å²) >= 11 is 6.30. The molecule has 0 aliphatic carbocycles. The van der Waals surface area contributed by atoms with Crippen molar-refractivity contribution in [3.63, 3.8) is 0 Å². The fraction of sp³-hybridized carbons (Fsp3) is 0.207. The summed E-state index contributed by atoms with van der Waals surface area (Å²) < 4.78 is 7.59. The Bertz CT molecular complexity index is 1370. The maximum absolute atomic E-state index is 13.4. The van der Waals surface area contributed by atoms with Gasteiger partial charge in [0.2, 0.25) is 11.9 Å². The first-order valence-electron chi connectivity index (χ1n) is 12.2. The second-order valence-corrected chi connectivity index (χ2v) is 9.28. The van der Waals surface area contributed by atoms with E-state index >= 15 is 0 Å². The second-order valence-electron chi connectivity index (χ2n) is 8.87. The first kappa shape index (κ1) is 24.7. The van der Waals surface area contributed by atoms with Crippen LogP contribution in [0.15, 0.2) is 91.1 Å². The minimum Gasteiger partial charge on any atom is -0.376 e. The SMILES string of the molecule is O=C(CN(CC1CCCO1)C(=O)c1ccccc1Cl)Nc1nc(-c2ccccc2)cn1-c1ccccc1. The van der Waals surface area contributed by atoms with Crippen LogP contribution in [0, 0.1) is 0 Å². The van der Waals surface area contributed by atoms with Crippen molar-refractivity contribution >= 4 is 29.4 Å². The molecule has 1 atom stereocenters. The Hall–Kier alpha value is -3.94. The van der Waals surface area contributed by atoms with E-state index in [1.807, 2.05) is 71.4 Å². The van der Waals surface area contributed by atoms with Crippen LogP contribution in [0.1, 0.15) is 23.2 Å². The number of nitrogens with zero attached hydrogens (tertiary/aromatic N) is 3. The molecular formula is C29H27ClN4O3. The summed E-state index contributed by atoms with van der Waals surface area (Å²) in [6.45, 7) is 0.799. The molecule has 4 aromatic rings. The minimum atomic E-state index is -0.360. The van der Waals surface area contributed by atoms with Gasteiger partial charge in [-0.2, -0.15) is 0 Å². The Labute approximate surface area is 220 Å². The third-order valence-electron chi connectivity index (χ3n) is 6.24. The third kappa shape index (κ3) is 5.90. The summed E-state index contributed by atoms with van der Waals surface area (Å²) in [5, 5.41) is 3.27. The largest absolute Gasteiger partial charge is 0.376 e. The van der Waals surface area contributed by atoms with Gasteiger partial charge in [-0.3, -0.25) is 19.5 Å². The Kier molecular flexibility index (Phi) is 7.63. The van der Waals surface area contributed by atoms with Crippen LogP contribution < -0.4 is 5.32 Å². The summed E-state index contributed by atoms with van der Waals surface area (Å²) in [7, 11) is 0. The molecule has 1 fully saturated rings. The third-order valence-corrected chi connectivity index (χ3v) is 6.56. The standard InChI is InChI=1S/C29H27ClN4O3/c30-25-16-8-7-15-24(25)28(36)33(18-23-14-9-17-37-23)20-27(35)32-29-31-26(21-10-3-1-4-11-21)19-34(29)22-12-5-2-6-13-22/h1-8,10-13,15-16,19,23H,9,14,17-18,20H2,(H,31,32,35). The number of hydrogen-bond acceptors (Lipinski definition) is 4. The van der Waals surface area contributed by atoms with Crippen LogP contribution >= 0.6 is 11.6 Å². The molecule has 7 nitrogen and oxygen atoms in total. The lowest BCUT2D eigenvalue weighted by Crippen LogP contribution is -2.42. The first-order chi connectivity index (χ1) is 18.1. The summed E-state index contributed by atoms with van der Waals surface area (Å²) in [5.74, 6) is -0.300. The van der Waals surface area contributed by atoms with E-state index in [9.17, 15) is 9.59 Å². The number of carbonyl (C=O) groups is 2. The maximum Gasteiger partial charge on any atom is 0.255 e. The van der Waals surface area contributed by atoms with Gasteiger partial charge in [-0.1, -0.05) is 72.3 Å². The average Bonchev–Trinajstić information content (AvgIpc) is 3.59. The Morgan fingerprint density at radius 1 is 1.00 bits per heavy atom. The van der Waals surface area contributed by atoms with E-state index in [0.717, 1.165) is 29.8 Å². The number of ether oxygens (including phenoxy) is 1. The predicted octanol–water partition coefficient (Wildman–Crippen LogP) is 5.45. The van der Waals surface area contributed by atoms with Gasteiger partial charge >= 0.3 is 0 Å². The normalized spacial score (nSPS) is 14.9. The number of hydrogen-bond donors (Lipinski definition) is 1. The van der Waals surface area contributed by atoms with Crippen molar-refractivity contribution in [2.45, 2.75) is 18.9 Å². The Morgan fingerprint density at radius 2 is 1.70 bits per heavy atom. The number of carbonyl (C=O) groups excluding carboxylic acids is 2. The van der Waals surface area contributed by atoms with Crippen molar-refractivity contribution in [2.24, 2.45) is 0 Å². The zero-order chi connectivity index (χ0) is 25.6. The number of amides is 2. The van der Waals surface area contributed by atoms with Crippen molar-refractivity contribution in [2.75, 3.05) is 25.0 Å². The molecule has 3 aromatic carbocycles. The van der Waals surface area contributed by atoms with Gasteiger partial charge in [-0.05, 0) is 37.1 Å². The summed E-state index contributed by atoms with van der Waals surface area (Å²) in [4.78, 5) is 32.9. The highest BCUT2D eigenvalue weighted by atomic mass is 35.5. The van der Waals surface area contributed by atoms with Gasteiger partial charge in [0.05, 0.1) is 22.4 Å². The smallest absolute Gasteiger partial charge is 0.255 e. The molecule has 1 aliphatic heterocycles. The maximum atomic E-state index is 13.4. The van der Waals surface area contributed by atoms with Crippen LogP contribution in [0.4, 0.5) is 5.95 Å². The monoisotopic (exact) mass is 514 g/mol. The molecule has 2 heterocycles. The average molecular weight is 515 g/mol. The van der Waals surface area contributed by atoms with E-state index < -0.39 is 0 Å². The van der Waals surface area contributed by atoms with Crippen LogP contribution in [0.5, 0.6) is 0 Å². The Morgan fingerprint density at radius 3 is 2.41 bits per heavy atom. The van der Waals surface area contributed by atoms with Crippen LogP contribution in [0.25, 0.3) is 16.9 Å². The molecule has 188 valence electrons. The molecule has 2 amide bonds. The van der Waals surface area contributed by atoms with Crippen molar-refractivity contribution in [3.05, 3.63) is 102 Å². The van der Waals surface area contributed by atoms with E-state index in [-0.39, 0.29) is 24.5 Å². The van der Waals surface area contributed by atoms with Crippen molar-refractivity contribution in [1.29, 1.82) is 0 Å². The van der Waals surface area contributed by atoms with Crippen molar-refractivity contribution in [1.82, 2.24) is 14.5 Å². The molecule has 0 saturated carbocycles. The molecule has 1 N–H and O–H groups in total. The number of para-hydroxylation sites is 1. The highest BCUT2D eigenvalue weighted by Gasteiger charge is 2.27. The summed E-state index contributed by atoms with van der Waals surface area (Å²) in [6, 6.07) is 26.3. The van der Waals surface area contributed by atoms with E-state index in [1.54, 1.807) is 24.3 Å². The number of aromatic nitrogens is 2. The quantitative estimate of drug-likeness (QED) is 0.339. The van der Waals surface area contributed by atoms with Crippen LogP contribution in [-0.2, 0) is 9.53 Å². The topological polar surface area (TPSA) is 76.5 Å². The lowest BCUT2D eigenvalue weighted by molar-refractivity contribution is -0.117. The molecule has 1 unspecified atom stereocenters. The van der Waals surface area contributed by atoms with Crippen LogP contribution in [0.2, 0.25) is 5.02 Å². The first-order valence-corrected chi connectivity index (χ1v) is 12.6. The summed E-state index contributed by atoms with van der Waals surface area (Å²) in [6.07, 6.45) is 3.55. The predicted molar refractivity (Wildman–Crippen MR) is 144 cm³/mol. The highest BCUT2D eigenvalue weighted by molar-refractivity contribution is 6.33. The van der Waals surface area contributed by atoms with Gasteiger partial charge < -0.3 is 9.64 Å². The molecule has 1 saturated heterocycles. The van der Waals surface area contributed by atoms with Crippen LogP contribution in [-0.4, -0.2) is 52.1 Å². The van der Waals surface area contributed by atoms with Crippen molar-refractivity contribution < 1.29 is 14.3 Å². The van der Waals surface area contributed by atoms with Crippen molar-refractivity contribution in [3.8, 4) is 16.9 Å². The van der Waals surface area contributed by atoms with Gasteiger partial charge in [0.25, 0.3) is 5.91 Å². The van der Waals surface area contributed by atoms with E-state index in [4.69, 9.17) is 21.3 Å². The molecule has 37 heavy (non-hydrogen) atoms. The highest BCUT2D eigenvalue weighted by Crippen LogP contribution is 2.25. The molecule has 0 spiro atoms. The number of rotatable bonds is 8. The molecular weight excluding hydrogens is 488 g/mol. The molecule has 1 aliphatic rings. The zero-order valence-corrected chi connectivity index (χ0v) is 21.0. The number of nitrogens with one attached hydrogen (secondary N) is 1. The summed E-state index contributed by atoms with van der Waals surface area (Å²) in [5.41, 5.74) is 2.87. The fourth-order valence-corrected chi connectivity index (χ4v) is 4.61. The molecule has 0 bridgehead atoms. The van der Waals surface area contributed by atoms with Gasteiger partial charge in [0, 0.05) is 30.6 Å². The van der Waals surface area contributed by atoms with Crippen LogP contribution in [0.3, 0.4) is 0 Å². The number of benzene rings is 3. The molecule has 8 heteroatoms. The molecule has 1 aromatic heterocycles. The Balaban J connectivity index is 1.41. The minimum absolute atomic E-state index is 0.116. The lowest BCUT2D eigenvalue weighted by Gasteiger charge is -2.25. The number of imidazole rings is 1. The molecule has 5 rings (SSSR count).